The molecule has 0 saturated heterocycles. The minimum absolute atomic E-state index is 0.0434. The van der Waals surface area contributed by atoms with Gasteiger partial charge in [-0.1, -0.05) is 0 Å². The number of nitrogen functional groups attached to an aromatic ring is 1. The Morgan fingerprint density at radius 3 is 2.55 bits per heavy atom. The van der Waals surface area contributed by atoms with Gasteiger partial charge < -0.3 is 10.3 Å². The summed E-state index contributed by atoms with van der Waals surface area (Å²) in [5.41, 5.74) is 3.47. The fourth-order valence-corrected chi connectivity index (χ4v) is 5.88. The van der Waals surface area contributed by atoms with E-state index in [1.165, 1.54) is 11.6 Å². The SMILES string of the molecule is Nc1cc2c(cn1)cc(-c1c(F)ccc(NS(=O)(=O)c3ccc4ncsc4c3F)c1F)c(=O)n2CC(F)F. The quantitative estimate of drug-likeness (QED) is 0.286. The van der Waals surface area contributed by atoms with E-state index >= 15 is 4.39 Å². The van der Waals surface area contributed by atoms with Gasteiger partial charge in [-0.25, -0.2) is 40.3 Å². The molecule has 0 bridgehead atoms. The molecule has 8 nitrogen and oxygen atoms in total. The minimum Gasteiger partial charge on any atom is -0.384 e. The van der Waals surface area contributed by atoms with E-state index in [9.17, 15) is 30.8 Å². The molecule has 0 radical (unpaired) electrons. The third kappa shape index (κ3) is 4.32. The summed E-state index contributed by atoms with van der Waals surface area (Å²) in [6.07, 6.45) is -1.87. The first-order valence-corrected chi connectivity index (χ1v) is 12.9. The van der Waals surface area contributed by atoms with E-state index in [4.69, 9.17) is 5.73 Å². The van der Waals surface area contributed by atoms with E-state index in [1.54, 1.807) is 0 Å². The zero-order chi connectivity index (χ0) is 27.4. The first-order valence-electron chi connectivity index (χ1n) is 10.6. The van der Waals surface area contributed by atoms with Crippen LogP contribution >= 0.6 is 11.3 Å². The molecule has 2 aromatic carbocycles. The van der Waals surface area contributed by atoms with Crippen molar-refractivity contribution in [2.45, 2.75) is 17.9 Å². The van der Waals surface area contributed by atoms with Crippen molar-refractivity contribution < 1.29 is 30.4 Å². The van der Waals surface area contributed by atoms with Gasteiger partial charge in [-0.15, -0.1) is 11.3 Å². The number of thiazole rings is 1. The summed E-state index contributed by atoms with van der Waals surface area (Å²) in [5, 5.41) is 0.0687. The molecular weight excluding hydrogens is 553 g/mol. The van der Waals surface area contributed by atoms with Crippen molar-refractivity contribution in [3.63, 3.8) is 0 Å². The molecule has 0 aliphatic rings. The van der Waals surface area contributed by atoms with Crippen LogP contribution in [0.5, 0.6) is 0 Å². The van der Waals surface area contributed by atoms with E-state index in [2.05, 4.69) is 9.97 Å². The van der Waals surface area contributed by atoms with E-state index in [1.807, 2.05) is 4.72 Å². The molecular formula is C23H14F5N5O3S2. The highest BCUT2D eigenvalue weighted by atomic mass is 32.2. The van der Waals surface area contributed by atoms with Gasteiger partial charge in [-0.05, 0) is 30.3 Å². The Balaban J connectivity index is 1.66. The minimum atomic E-state index is -4.74. The first kappa shape index (κ1) is 25.5. The van der Waals surface area contributed by atoms with Gasteiger partial charge in [-0.3, -0.25) is 9.52 Å². The Morgan fingerprint density at radius 2 is 1.82 bits per heavy atom. The van der Waals surface area contributed by atoms with Crippen molar-refractivity contribution in [1.82, 2.24) is 14.5 Å². The van der Waals surface area contributed by atoms with Crippen LogP contribution in [0.2, 0.25) is 0 Å². The third-order valence-electron chi connectivity index (χ3n) is 5.62. The monoisotopic (exact) mass is 567 g/mol. The lowest BCUT2D eigenvalue weighted by Gasteiger charge is -2.16. The lowest BCUT2D eigenvalue weighted by molar-refractivity contribution is 0.127. The highest BCUT2D eigenvalue weighted by molar-refractivity contribution is 7.92. The molecule has 3 N–H and O–H groups in total. The van der Waals surface area contributed by atoms with Gasteiger partial charge in [0, 0.05) is 17.6 Å². The number of benzene rings is 2. The molecule has 0 fully saturated rings. The summed E-state index contributed by atoms with van der Waals surface area (Å²) in [5.74, 6) is -3.98. The van der Waals surface area contributed by atoms with Gasteiger partial charge in [0.05, 0.1) is 44.6 Å². The van der Waals surface area contributed by atoms with Crippen molar-refractivity contribution in [1.29, 1.82) is 0 Å². The van der Waals surface area contributed by atoms with Crippen molar-refractivity contribution >= 4 is 54.0 Å². The van der Waals surface area contributed by atoms with Crippen LogP contribution in [0.15, 0.2) is 57.8 Å². The Morgan fingerprint density at radius 1 is 1.05 bits per heavy atom. The lowest BCUT2D eigenvalue weighted by atomic mass is 10.0. The van der Waals surface area contributed by atoms with Crippen LogP contribution in [0.4, 0.5) is 33.5 Å². The average molecular weight is 568 g/mol. The molecule has 3 heterocycles. The molecule has 0 spiro atoms. The van der Waals surface area contributed by atoms with Crippen molar-refractivity contribution in [3.05, 3.63) is 75.9 Å². The van der Waals surface area contributed by atoms with Crippen LogP contribution in [0, 0.1) is 17.5 Å². The van der Waals surface area contributed by atoms with E-state index in [0.29, 0.717) is 10.6 Å². The topological polar surface area (TPSA) is 120 Å². The van der Waals surface area contributed by atoms with Gasteiger partial charge in [0.1, 0.15) is 16.5 Å². The van der Waals surface area contributed by atoms with Crippen LogP contribution in [0.25, 0.3) is 32.2 Å². The fourth-order valence-electron chi connectivity index (χ4n) is 3.95. The predicted molar refractivity (Wildman–Crippen MR) is 132 cm³/mol. The molecule has 0 saturated carbocycles. The van der Waals surface area contributed by atoms with Crippen molar-refractivity contribution in [3.8, 4) is 11.1 Å². The highest BCUT2D eigenvalue weighted by Gasteiger charge is 2.27. The molecule has 3 aromatic heterocycles. The molecule has 0 aliphatic heterocycles. The predicted octanol–water partition coefficient (Wildman–Crippen LogP) is 4.74. The van der Waals surface area contributed by atoms with Gasteiger partial charge in [0.25, 0.3) is 22.0 Å². The molecule has 0 amide bonds. The number of nitrogens with one attached hydrogen (secondary N) is 1. The summed E-state index contributed by atoms with van der Waals surface area (Å²) < 4.78 is 100. The van der Waals surface area contributed by atoms with E-state index in [-0.39, 0.29) is 26.9 Å². The molecule has 0 aliphatic carbocycles. The Hall–Kier alpha value is -4.11. The van der Waals surface area contributed by atoms with E-state index < -0.39 is 67.7 Å². The fraction of sp³-hybridized carbons (Fsp3) is 0.0870. The lowest BCUT2D eigenvalue weighted by Crippen LogP contribution is -2.26. The standard InChI is InChI=1S/C23H14F5N5O3S2/c24-12-1-2-13(32-38(35,36)16-4-3-14-22(21(16)28)37-9-31-14)20(27)19(12)11-5-10-7-30-18(29)6-15(10)33(23(11)34)8-17(25)26/h1-7,9,17,32H,8H2,(H2,29,30). The first-order chi connectivity index (χ1) is 18.0. The third-order valence-corrected chi connectivity index (χ3v) is 7.84. The van der Waals surface area contributed by atoms with Crippen molar-refractivity contribution in [2.75, 3.05) is 10.5 Å². The number of nitrogens with zero attached hydrogens (tertiary/aromatic N) is 3. The number of rotatable bonds is 6. The van der Waals surface area contributed by atoms with Crippen LogP contribution in [-0.2, 0) is 16.6 Å². The van der Waals surface area contributed by atoms with Crippen LogP contribution in [-0.4, -0.2) is 29.4 Å². The molecule has 0 unspecified atom stereocenters. The number of sulfonamides is 1. The zero-order valence-corrected chi connectivity index (χ0v) is 20.4. The number of fused-ring (bicyclic) bond motifs is 2. The van der Waals surface area contributed by atoms with Gasteiger partial charge in [0.2, 0.25) is 0 Å². The second-order valence-electron chi connectivity index (χ2n) is 8.00. The molecule has 196 valence electrons. The number of pyridine rings is 2. The summed E-state index contributed by atoms with van der Waals surface area (Å²) in [7, 11) is -4.74. The Labute approximate surface area is 214 Å². The number of hydrogen-bond donors (Lipinski definition) is 2. The average Bonchev–Trinajstić information content (AvgIpc) is 3.33. The summed E-state index contributed by atoms with van der Waals surface area (Å²) in [6.45, 7) is -1.11. The molecule has 5 aromatic rings. The zero-order valence-electron chi connectivity index (χ0n) is 18.8. The second-order valence-corrected chi connectivity index (χ2v) is 10.5. The molecule has 5 rings (SSSR count). The molecule has 15 heteroatoms. The Bertz CT molecular complexity index is 1910. The maximum Gasteiger partial charge on any atom is 0.264 e. The second kappa shape index (κ2) is 9.33. The maximum absolute atomic E-state index is 15.6. The normalized spacial score (nSPS) is 12.1. The van der Waals surface area contributed by atoms with Crippen LogP contribution < -0.4 is 16.0 Å². The largest absolute Gasteiger partial charge is 0.384 e. The number of alkyl halides is 2. The van der Waals surface area contributed by atoms with E-state index in [0.717, 1.165) is 41.8 Å². The summed E-state index contributed by atoms with van der Waals surface area (Å²) in [6, 6.07) is 5.82. The number of hydrogen-bond acceptors (Lipinski definition) is 7. The number of anilines is 2. The van der Waals surface area contributed by atoms with Crippen LogP contribution in [0.3, 0.4) is 0 Å². The molecule has 0 atom stereocenters. The number of nitrogens with two attached hydrogens (primary N) is 1. The van der Waals surface area contributed by atoms with Gasteiger partial charge in [0.15, 0.2) is 11.6 Å². The van der Waals surface area contributed by atoms with Gasteiger partial charge >= 0.3 is 0 Å². The summed E-state index contributed by atoms with van der Waals surface area (Å²) in [4.78, 5) is 20.0. The Kier molecular flexibility index (Phi) is 6.27. The number of halogens is 5. The maximum atomic E-state index is 15.6. The highest BCUT2D eigenvalue weighted by Crippen LogP contribution is 2.33. The number of aromatic nitrogens is 3. The summed E-state index contributed by atoms with van der Waals surface area (Å²) >= 11 is 0.859. The van der Waals surface area contributed by atoms with Crippen LogP contribution in [0.1, 0.15) is 0 Å². The molecule has 38 heavy (non-hydrogen) atoms. The van der Waals surface area contributed by atoms with Gasteiger partial charge in [-0.2, -0.15) is 0 Å². The van der Waals surface area contributed by atoms with Crippen molar-refractivity contribution in [2.24, 2.45) is 0 Å². The smallest absolute Gasteiger partial charge is 0.264 e.